The van der Waals surface area contributed by atoms with E-state index < -0.39 is 78.0 Å². The summed E-state index contributed by atoms with van der Waals surface area (Å²) in [7, 11) is 0. The van der Waals surface area contributed by atoms with Crippen LogP contribution >= 0.6 is 0 Å². The van der Waals surface area contributed by atoms with E-state index in [1.165, 1.54) is 81.7 Å². The molecule has 1 aliphatic rings. The van der Waals surface area contributed by atoms with Crippen molar-refractivity contribution in [3.8, 4) is 0 Å². The van der Waals surface area contributed by atoms with E-state index in [4.69, 9.17) is 9.47 Å². The van der Waals surface area contributed by atoms with E-state index in [9.17, 15) is 54.0 Å². The third kappa shape index (κ3) is 22.1. The van der Waals surface area contributed by atoms with Crippen LogP contribution < -0.4 is 10.6 Å². The average molecular weight is 922 g/mol. The number of benzene rings is 2. The lowest BCUT2D eigenvalue weighted by atomic mass is 9.98. The van der Waals surface area contributed by atoms with Crippen LogP contribution in [0.3, 0.4) is 0 Å². The summed E-state index contributed by atoms with van der Waals surface area (Å²) in [6, 6.07) is 8.35. The van der Waals surface area contributed by atoms with E-state index >= 15 is 0 Å². The number of hydrogen-bond acceptors (Lipinski definition) is 11. The molecule has 65 heavy (non-hydrogen) atoms. The third-order valence-electron chi connectivity index (χ3n) is 12.2. The first kappa shape index (κ1) is 55.7. The number of amides is 2. The highest BCUT2D eigenvalue weighted by Crippen LogP contribution is 2.24. The van der Waals surface area contributed by atoms with Gasteiger partial charge in [0.15, 0.2) is 17.9 Å². The molecule has 2 aromatic rings. The van der Waals surface area contributed by atoms with Crippen LogP contribution in [0.5, 0.6) is 0 Å². The van der Waals surface area contributed by atoms with Crippen molar-refractivity contribution in [2.75, 3.05) is 13.2 Å². The number of carbonyl (C=O) groups is 2. The van der Waals surface area contributed by atoms with E-state index in [0.29, 0.717) is 31.2 Å². The van der Waals surface area contributed by atoms with Gasteiger partial charge in [-0.15, -0.1) is 0 Å². The van der Waals surface area contributed by atoms with Gasteiger partial charge in [-0.2, -0.15) is 0 Å². The standard InChI is InChI=1S/C49H77F2N3O11/c1-2-3-4-5-6-7-8-9-10-14-17-20-23-41(55)45(58)40(53-43(56)24-21-18-15-12-11-13-16-19-22-35-27-30-38(50)39(51)31-35)34-64-49-48(61)47(60)46(59)42(65-49)33-52-44(57)32-36-25-28-37(29-26-36)54(62)63/h25-31,40-42,45-49,55,58-61H,2-24,32-34H2,1H3,(H,52,57)(H,53,56)/t40-,41+,42?,45-,46-,47-,48?,49-/m0/s1. The Balaban J connectivity index is 1.46. The Morgan fingerprint density at radius 3 is 1.86 bits per heavy atom. The van der Waals surface area contributed by atoms with Gasteiger partial charge in [0.25, 0.3) is 5.69 Å². The molecule has 0 aliphatic carbocycles. The number of hydrogen-bond donors (Lipinski definition) is 7. The molecule has 0 spiro atoms. The topological polar surface area (TPSA) is 221 Å². The smallest absolute Gasteiger partial charge is 0.269 e. The predicted octanol–water partition coefficient (Wildman–Crippen LogP) is 7.41. The Morgan fingerprint density at radius 2 is 1.28 bits per heavy atom. The number of aliphatic hydroxyl groups excluding tert-OH is 5. The van der Waals surface area contributed by atoms with Crippen molar-refractivity contribution in [3.05, 3.63) is 75.3 Å². The number of nitrogens with zero attached hydrogens (tertiary/aromatic N) is 1. The molecule has 8 atom stereocenters. The molecule has 1 saturated heterocycles. The molecule has 368 valence electrons. The fraction of sp³-hybridized carbons (Fsp3) is 0.714. The van der Waals surface area contributed by atoms with E-state index in [-0.39, 0.29) is 31.0 Å². The van der Waals surface area contributed by atoms with E-state index in [1.54, 1.807) is 6.07 Å². The van der Waals surface area contributed by atoms with Crippen molar-refractivity contribution in [2.24, 2.45) is 0 Å². The summed E-state index contributed by atoms with van der Waals surface area (Å²) in [5.41, 5.74) is 1.16. The minimum atomic E-state index is -1.73. The van der Waals surface area contributed by atoms with Gasteiger partial charge in [-0.05, 0) is 48.9 Å². The number of aliphatic hydroxyl groups is 5. The molecule has 1 heterocycles. The molecule has 1 aliphatic heterocycles. The van der Waals surface area contributed by atoms with Crippen molar-refractivity contribution in [1.82, 2.24) is 10.6 Å². The normalized spacial score (nSPS) is 20.0. The summed E-state index contributed by atoms with van der Waals surface area (Å²) in [6.45, 7) is 1.52. The fourth-order valence-corrected chi connectivity index (χ4v) is 8.13. The number of rotatable bonds is 35. The zero-order valence-electron chi connectivity index (χ0n) is 38.4. The van der Waals surface area contributed by atoms with Gasteiger partial charge in [-0.1, -0.05) is 141 Å². The van der Waals surface area contributed by atoms with Crippen molar-refractivity contribution < 1.29 is 58.3 Å². The highest BCUT2D eigenvalue weighted by molar-refractivity contribution is 5.78. The summed E-state index contributed by atoms with van der Waals surface area (Å²) in [4.78, 5) is 36.2. The van der Waals surface area contributed by atoms with Crippen molar-refractivity contribution in [1.29, 1.82) is 0 Å². The lowest BCUT2D eigenvalue weighted by Crippen LogP contribution is -2.61. The molecular formula is C49H77F2N3O11. The van der Waals surface area contributed by atoms with Crippen LogP contribution in [0.1, 0.15) is 159 Å². The molecule has 0 bridgehead atoms. The number of carbonyl (C=O) groups excluding carboxylic acids is 2. The van der Waals surface area contributed by atoms with Crippen LogP contribution in [0.2, 0.25) is 0 Å². The van der Waals surface area contributed by atoms with Gasteiger partial charge in [0.05, 0.1) is 30.1 Å². The van der Waals surface area contributed by atoms with Crippen LogP contribution in [0.4, 0.5) is 14.5 Å². The maximum absolute atomic E-state index is 13.4. The van der Waals surface area contributed by atoms with Crippen LogP contribution in [0, 0.1) is 21.7 Å². The van der Waals surface area contributed by atoms with Crippen molar-refractivity contribution >= 4 is 17.5 Å². The quantitative estimate of drug-likeness (QED) is 0.0205. The molecule has 7 N–H and O–H groups in total. The Kier molecular flexibility index (Phi) is 27.5. The second-order valence-electron chi connectivity index (χ2n) is 17.7. The minimum Gasteiger partial charge on any atom is -0.390 e. The molecule has 0 saturated carbocycles. The fourth-order valence-electron chi connectivity index (χ4n) is 8.13. The lowest BCUT2D eigenvalue weighted by Gasteiger charge is -2.41. The lowest BCUT2D eigenvalue weighted by molar-refractivity contribution is -0.384. The van der Waals surface area contributed by atoms with Crippen LogP contribution in [-0.2, 0) is 31.9 Å². The predicted molar refractivity (Wildman–Crippen MR) is 244 cm³/mol. The minimum absolute atomic E-state index is 0.122. The average Bonchev–Trinajstić information content (AvgIpc) is 3.29. The molecule has 0 radical (unpaired) electrons. The van der Waals surface area contributed by atoms with Gasteiger partial charge < -0.3 is 45.6 Å². The zero-order valence-corrected chi connectivity index (χ0v) is 38.4. The first-order valence-corrected chi connectivity index (χ1v) is 24.2. The highest BCUT2D eigenvalue weighted by Gasteiger charge is 2.45. The van der Waals surface area contributed by atoms with Crippen LogP contribution in [0.15, 0.2) is 42.5 Å². The zero-order chi connectivity index (χ0) is 47.4. The number of nitro groups is 1. The summed E-state index contributed by atoms with van der Waals surface area (Å²) in [5.74, 6) is -2.52. The molecule has 2 unspecified atom stereocenters. The summed E-state index contributed by atoms with van der Waals surface area (Å²) >= 11 is 0. The van der Waals surface area contributed by atoms with Crippen LogP contribution in [-0.4, -0.2) is 104 Å². The number of unbranched alkanes of at least 4 members (excludes halogenated alkanes) is 18. The molecule has 2 aromatic carbocycles. The van der Waals surface area contributed by atoms with Crippen molar-refractivity contribution in [3.63, 3.8) is 0 Å². The number of halogens is 2. The van der Waals surface area contributed by atoms with Gasteiger partial charge >= 0.3 is 0 Å². The molecular weight excluding hydrogens is 845 g/mol. The van der Waals surface area contributed by atoms with Crippen LogP contribution in [0.25, 0.3) is 0 Å². The van der Waals surface area contributed by atoms with Gasteiger partial charge in [0.2, 0.25) is 11.8 Å². The SMILES string of the molecule is CCCCCCCCCCCCCC[C@@H](O)[C@@H](O)[C@H](CO[C@H]1OC(CNC(=O)Cc2ccc([N+](=O)[O-])cc2)[C@H](O)[C@H](O)C1O)NC(=O)CCCCCCCCCCc1ccc(F)c(F)c1. The molecule has 2 amide bonds. The second kappa shape index (κ2) is 32.1. The molecule has 3 rings (SSSR count). The Bertz CT molecular complexity index is 1640. The largest absolute Gasteiger partial charge is 0.390 e. The summed E-state index contributed by atoms with van der Waals surface area (Å²) in [5, 5.41) is 70.8. The monoisotopic (exact) mass is 922 g/mol. The third-order valence-corrected chi connectivity index (χ3v) is 12.2. The maximum Gasteiger partial charge on any atom is 0.269 e. The first-order valence-electron chi connectivity index (χ1n) is 24.2. The first-order chi connectivity index (χ1) is 31.3. The Morgan fingerprint density at radius 1 is 0.723 bits per heavy atom. The van der Waals surface area contributed by atoms with Crippen molar-refractivity contribution in [2.45, 2.75) is 210 Å². The number of non-ortho nitro benzene ring substituents is 1. The molecule has 14 nitrogen and oxygen atoms in total. The van der Waals surface area contributed by atoms with E-state index in [0.717, 1.165) is 75.8 Å². The highest BCUT2D eigenvalue weighted by atomic mass is 19.2. The number of nitro benzene ring substituents is 1. The Hall–Kier alpha value is -3.64. The maximum atomic E-state index is 13.4. The van der Waals surface area contributed by atoms with E-state index in [2.05, 4.69) is 17.6 Å². The number of ether oxygens (including phenoxy) is 2. The number of nitrogens with one attached hydrogen (secondary N) is 2. The summed E-state index contributed by atoms with van der Waals surface area (Å²) < 4.78 is 38.2. The molecule has 16 heteroatoms. The van der Waals surface area contributed by atoms with Gasteiger partial charge in [0.1, 0.15) is 30.5 Å². The number of aryl methyl sites for hydroxylation is 1. The summed E-state index contributed by atoms with van der Waals surface area (Å²) in [6.07, 6.45) is 11.6. The molecule has 1 fully saturated rings. The van der Waals surface area contributed by atoms with Gasteiger partial charge in [-0.3, -0.25) is 19.7 Å². The van der Waals surface area contributed by atoms with E-state index in [1.807, 2.05) is 0 Å². The molecule has 0 aromatic heterocycles. The van der Waals surface area contributed by atoms with Gasteiger partial charge in [-0.25, -0.2) is 8.78 Å². The second-order valence-corrected chi connectivity index (χ2v) is 17.7. The van der Waals surface area contributed by atoms with Gasteiger partial charge in [0, 0.05) is 25.1 Å². The Labute approximate surface area is 384 Å².